The molecule has 162 valence electrons. The zero-order chi connectivity index (χ0) is 22.0. The summed E-state index contributed by atoms with van der Waals surface area (Å²) in [6, 6.07) is 9.88. The number of Topliss-reactive ketones (excluding diaryl/α,β-unsaturated/α-hetero) is 1. The number of pyridine rings is 1. The van der Waals surface area contributed by atoms with Gasteiger partial charge in [0.25, 0.3) is 0 Å². The van der Waals surface area contributed by atoms with E-state index in [1.54, 1.807) is 12.1 Å². The molecule has 0 unspecified atom stereocenters. The topological polar surface area (TPSA) is 65.1 Å². The van der Waals surface area contributed by atoms with Gasteiger partial charge < -0.3 is 4.90 Å². The van der Waals surface area contributed by atoms with Crippen LogP contribution in [-0.4, -0.2) is 52.0 Å². The second-order valence-corrected chi connectivity index (χ2v) is 7.56. The number of rotatable bonds is 5. The lowest BCUT2D eigenvalue weighted by Gasteiger charge is -2.35. The first-order valence-corrected chi connectivity index (χ1v) is 9.96. The molecule has 0 bridgehead atoms. The Balaban J connectivity index is 1.38. The van der Waals surface area contributed by atoms with Gasteiger partial charge in [-0.15, -0.1) is 0 Å². The number of carbonyl (C=O) groups excluding carboxylic acids is 1. The molecule has 1 saturated heterocycles. The molecule has 0 atom stereocenters. The molecule has 6 nitrogen and oxygen atoms in total. The summed E-state index contributed by atoms with van der Waals surface area (Å²) in [5, 5.41) is 7.29. The fourth-order valence-electron chi connectivity index (χ4n) is 3.66. The number of aromatic nitrogens is 3. The van der Waals surface area contributed by atoms with Gasteiger partial charge in [-0.25, -0.2) is 4.98 Å². The van der Waals surface area contributed by atoms with Crippen molar-refractivity contribution in [3.05, 3.63) is 65.5 Å². The fraction of sp³-hybridized carbons (Fsp3) is 0.318. The van der Waals surface area contributed by atoms with Crippen LogP contribution in [0, 0.1) is 0 Å². The Bertz CT molecular complexity index is 1040. The van der Waals surface area contributed by atoms with Crippen LogP contribution in [0.2, 0.25) is 0 Å². The van der Waals surface area contributed by atoms with Crippen LogP contribution in [0.4, 0.5) is 19.0 Å². The molecule has 3 heterocycles. The van der Waals surface area contributed by atoms with Gasteiger partial charge in [-0.3, -0.25) is 14.8 Å². The van der Waals surface area contributed by atoms with E-state index in [4.69, 9.17) is 0 Å². The van der Waals surface area contributed by atoms with Gasteiger partial charge in [-0.2, -0.15) is 18.3 Å². The van der Waals surface area contributed by atoms with Crippen LogP contribution in [-0.2, 0) is 12.7 Å². The van der Waals surface area contributed by atoms with Crippen molar-refractivity contribution in [2.45, 2.75) is 19.6 Å². The molecule has 0 saturated carbocycles. The summed E-state index contributed by atoms with van der Waals surface area (Å²) < 4.78 is 38.2. The van der Waals surface area contributed by atoms with E-state index in [9.17, 15) is 18.0 Å². The van der Waals surface area contributed by atoms with Crippen molar-refractivity contribution >= 4 is 11.6 Å². The average Bonchev–Trinajstić information content (AvgIpc) is 3.22. The van der Waals surface area contributed by atoms with E-state index < -0.39 is 11.7 Å². The third kappa shape index (κ3) is 4.77. The maximum absolute atomic E-state index is 12.7. The van der Waals surface area contributed by atoms with E-state index in [1.165, 1.54) is 13.0 Å². The van der Waals surface area contributed by atoms with E-state index in [-0.39, 0.29) is 5.78 Å². The van der Waals surface area contributed by atoms with E-state index >= 15 is 0 Å². The van der Waals surface area contributed by atoms with Gasteiger partial charge in [-0.1, -0.05) is 24.3 Å². The number of H-pyrrole nitrogens is 1. The molecule has 1 N–H and O–H groups in total. The van der Waals surface area contributed by atoms with E-state index in [0.717, 1.165) is 42.2 Å². The predicted molar refractivity (Wildman–Crippen MR) is 111 cm³/mol. The van der Waals surface area contributed by atoms with Crippen molar-refractivity contribution in [2.24, 2.45) is 0 Å². The number of hydrogen-bond acceptors (Lipinski definition) is 5. The number of carbonyl (C=O) groups is 1. The van der Waals surface area contributed by atoms with E-state index in [1.807, 2.05) is 23.2 Å². The van der Waals surface area contributed by atoms with Crippen LogP contribution in [0.5, 0.6) is 0 Å². The number of hydrogen-bond donors (Lipinski definition) is 1. The van der Waals surface area contributed by atoms with Crippen LogP contribution in [0.1, 0.15) is 28.4 Å². The van der Waals surface area contributed by atoms with Gasteiger partial charge >= 0.3 is 6.18 Å². The molecule has 1 aliphatic rings. The number of piperazine rings is 1. The largest absolute Gasteiger partial charge is 0.417 e. The van der Waals surface area contributed by atoms with Crippen molar-refractivity contribution in [2.75, 3.05) is 31.1 Å². The minimum Gasteiger partial charge on any atom is -0.354 e. The quantitative estimate of drug-likeness (QED) is 0.621. The van der Waals surface area contributed by atoms with Crippen molar-refractivity contribution in [3.63, 3.8) is 0 Å². The second-order valence-electron chi connectivity index (χ2n) is 7.56. The summed E-state index contributed by atoms with van der Waals surface area (Å²) in [4.78, 5) is 19.7. The minimum atomic E-state index is -4.38. The summed E-state index contributed by atoms with van der Waals surface area (Å²) in [6.45, 7) is 5.12. The maximum atomic E-state index is 12.7. The third-order valence-corrected chi connectivity index (χ3v) is 5.45. The first kappa shape index (κ1) is 21.0. The molecular weight excluding hydrogens is 407 g/mol. The highest BCUT2D eigenvalue weighted by molar-refractivity contribution is 5.94. The number of nitrogens with one attached hydrogen (secondary N) is 1. The number of benzene rings is 1. The van der Waals surface area contributed by atoms with E-state index in [0.29, 0.717) is 31.0 Å². The fourth-order valence-corrected chi connectivity index (χ4v) is 3.66. The zero-order valence-electron chi connectivity index (χ0n) is 17.0. The molecule has 3 aromatic rings. The third-order valence-electron chi connectivity index (χ3n) is 5.45. The van der Waals surface area contributed by atoms with Gasteiger partial charge in [0.15, 0.2) is 5.78 Å². The van der Waals surface area contributed by atoms with Crippen molar-refractivity contribution in [3.8, 4) is 11.3 Å². The molecule has 1 aromatic carbocycles. The molecule has 2 aromatic heterocycles. The van der Waals surface area contributed by atoms with Gasteiger partial charge in [0.1, 0.15) is 5.82 Å². The lowest BCUT2D eigenvalue weighted by Crippen LogP contribution is -2.46. The zero-order valence-corrected chi connectivity index (χ0v) is 17.0. The van der Waals surface area contributed by atoms with Crippen LogP contribution in [0.3, 0.4) is 0 Å². The molecule has 1 fully saturated rings. The molecule has 0 spiro atoms. The second kappa shape index (κ2) is 8.50. The lowest BCUT2D eigenvalue weighted by atomic mass is 10.0. The highest BCUT2D eigenvalue weighted by Crippen LogP contribution is 2.29. The summed E-state index contributed by atoms with van der Waals surface area (Å²) in [5.41, 5.74) is 2.76. The highest BCUT2D eigenvalue weighted by Gasteiger charge is 2.31. The Kier molecular flexibility index (Phi) is 5.77. The molecular formula is C22H22F3N5O. The molecule has 1 aliphatic heterocycles. The first-order valence-electron chi connectivity index (χ1n) is 9.96. The van der Waals surface area contributed by atoms with Gasteiger partial charge in [-0.05, 0) is 19.1 Å². The van der Waals surface area contributed by atoms with Crippen LogP contribution >= 0.6 is 0 Å². The van der Waals surface area contributed by atoms with Crippen molar-refractivity contribution < 1.29 is 18.0 Å². The molecule has 0 aliphatic carbocycles. The molecule has 0 amide bonds. The van der Waals surface area contributed by atoms with Crippen LogP contribution in [0.25, 0.3) is 11.3 Å². The standard InChI is InChI=1S/C22H22F3N5O/c1-15(31)16-2-4-17(5-3-16)21-18(12-27-28-21)14-29-8-10-30(11-9-29)20-7-6-19(13-26-20)22(23,24)25/h2-7,12-13H,8-11,14H2,1H3,(H,27,28). The monoisotopic (exact) mass is 429 g/mol. The van der Waals surface area contributed by atoms with Gasteiger partial charge in [0, 0.05) is 61.8 Å². The van der Waals surface area contributed by atoms with Crippen LogP contribution in [0.15, 0.2) is 48.8 Å². The summed E-state index contributed by atoms with van der Waals surface area (Å²) in [6.07, 6.45) is -1.62. The highest BCUT2D eigenvalue weighted by atomic mass is 19.4. The average molecular weight is 429 g/mol. The lowest BCUT2D eigenvalue weighted by molar-refractivity contribution is -0.137. The van der Waals surface area contributed by atoms with E-state index in [2.05, 4.69) is 20.1 Å². The molecule has 9 heteroatoms. The van der Waals surface area contributed by atoms with Gasteiger partial charge in [0.2, 0.25) is 0 Å². The summed E-state index contributed by atoms with van der Waals surface area (Å²) >= 11 is 0. The summed E-state index contributed by atoms with van der Waals surface area (Å²) in [7, 11) is 0. The Morgan fingerprint density at radius 3 is 2.35 bits per heavy atom. The molecule has 0 radical (unpaired) electrons. The van der Waals surface area contributed by atoms with Crippen LogP contribution < -0.4 is 4.90 Å². The Hall–Kier alpha value is -3.20. The number of anilines is 1. The number of halogens is 3. The maximum Gasteiger partial charge on any atom is 0.417 e. The predicted octanol–water partition coefficient (Wildman–Crippen LogP) is 4.02. The SMILES string of the molecule is CC(=O)c1ccc(-c2n[nH]cc2CN2CCN(c3ccc(C(F)(F)F)cn3)CC2)cc1. The minimum absolute atomic E-state index is 0.0224. The molecule has 31 heavy (non-hydrogen) atoms. The smallest absolute Gasteiger partial charge is 0.354 e. The number of nitrogens with zero attached hydrogens (tertiary/aromatic N) is 4. The Labute approximate surface area is 177 Å². The Morgan fingerprint density at radius 2 is 1.77 bits per heavy atom. The molecule has 4 rings (SSSR count). The van der Waals surface area contributed by atoms with Crippen molar-refractivity contribution in [1.29, 1.82) is 0 Å². The Morgan fingerprint density at radius 1 is 1.06 bits per heavy atom. The summed E-state index contributed by atoms with van der Waals surface area (Å²) in [5.74, 6) is 0.580. The number of alkyl halides is 3. The van der Waals surface area contributed by atoms with Crippen molar-refractivity contribution in [1.82, 2.24) is 20.1 Å². The number of ketones is 1. The normalized spacial score (nSPS) is 15.3. The van der Waals surface area contributed by atoms with Gasteiger partial charge in [0.05, 0.1) is 11.3 Å². The number of aromatic amines is 1. The first-order chi connectivity index (χ1) is 14.8.